The van der Waals surface area contributed by atoms with Crippen molar-refractivity contribution in [1.82, 2.24) is 0 Å². The van der Waals surface area contributed by atoms with Crippen LogP contribution in [0.4, 0.5) is 0 Å². The third kappa shape index (κ3) is 19.0. The predicted molar refractivity (Wildman–Crippen MR) is 155 cm³/mol. The summed E-state index contributed by atoms with van der Waals surface area (Å²) in [7, 11) is -4.57. The number of ether oxygens (including phenoxy) is 2. The first-order chi connectivity index (χ1) is 18.8. The van der Waals surface area contributed by atoms with Crippen molar-refractivity contribution in [1.29, 1.82) is 0 Å². The summed E-state index contributed by atoms with van der Waals surface area (Å²) >= 11 is 0. The molecule has 1 rings (SSSR count). The molecule has 0 aliphatic carbocycles. The molecular formula is C31H51KO7S. The van der Waals surface area contributed by atoms with Gasteiger partial charge in [-0.2, -0.15) is 0 Å². The summed E-state index contributed by atoms with van der Waals surface area (Å²) in [6.07, 6.45) is 21.7. The van der Waals surface area contributed by atoms with Crippen LogP contribution in [0.2, 0.25) is 0 Å². The standard InChI is InChI=1S/C31H52O7S.K/c1-3-5-6-7-8-9-10-11-12-13-14-15-16-17-18-19-22-25-37-30(32)28-23-20-21-24-29(28)31(33)38-26-27(4-2)39(34,35)36;/h20-21,23-24,27H,3-19,22,25-26H2,1-2H3,(H,34,35,36);/q;+1/p-1. The summed E-state index contributed by atoms with van der Waals surface area (Å²) in [6, 6.07) is 6.07. The van der Waals surface area contributed by atoms with Crippen molar-refractivity contribution < 1.29 is 83.4 Å². The zero-order valence-electron chi connectivity index (χ0n) is 25.3. The molecule has 1 atom stereocenters. The predicted octanol–water partition coefficient (Wildman–Crippen LogP) is 4.98. The van der Waals surface area contributed by atoms with Crippen LogP contribution in [0.1, 0.15) is 150 Å². The Labute approximate surface area is 286 Å². The van der Waals surface area contributed by atoms with Gasteiger partial charge in [0.15, 0.2) is 0 Å². The molecule has 0 aromatic heterocycles. The quantitative estimate of drug-likeness (QED) is 0.0707. The molecule has 1 aromatic carbocycles. The Kier molecular flexibility index (Phi) is 25.0. The van der Waals surface area contributed by atoms with Crippen LogP contribution >= 0.6 is 0 Å². The molecule has 0 aliphatic rings. The second kappa shape index (κ2) is 25.2. The summed E-state index contributed by atoms with van der Waals surface area (Å²) in [4.78, 5) is 25.0. The van der Waals surface area contributed by atoms with Crippen LogP contribution in [-0.4, -0.2) is 43.4 Å². The van der Waals surface area contributed by atoms with Gasteiger partial charge in [-0.3, -0.25) is 0 Å². The Balaban J connectivity index is 0.0000152. The van der Waals surface area contributed by atoms with Gasteiger partial charge < -0.3 is 14.0 Å². The van der Waals surface area contributed by atoms with Gasteiger partial charge in [-0.25, -0.2) is 18.0 Å². The van der Waals surface area contributed by atoms with E-state index in [2.05, 4.69) is 6.92 Å². The summed E-state index contributed by atoms with van der Waals surface area (Å²) < 4.78 is 44.0. The Hall–Kier alpha value is -0.294. The van der Waals surface area contributed by atoms with Crippen molar-refractivity contribution in [2.75, 3.05) is 13.2 Å². The minimum absolute atomic E-state index is 0. The maximum Gasteiger partial charge on any atom is 1.00 e. The van der Waals surface area contributed by atoms with Gasteiger partial charge in [0.1, 0.15) is 16.7 Å². The number of benzene rings is 1. The van der Waals surface area contributed by atoms with Gasteiger partial charge in [-0.1, -0.05) is 129 Å². The largest absolute Gasteiger partial charge is 1.00 e. The van der Waals surface area contributed by atoms with Gasteiger partial charge in [0, 0.05) is 0 Å². The minimum Gasteiger partial charge on any atom is -0.748 e. The average Bonchev–Trinajstić information content (AvgIpc) is 2.91. The first-order valence-corrected chi connectivity index (χ1v) is 16.7. The van der Waals surface area contributed by atoms with E-state index in [1.165, 1.54) is 109 Å². The monoisotopic (exact) mass is 606 g/mol. The molecule has 7 nitrogen and oxygen atoms in total. The van der Waals surface area contributed by atoms with Crippen molar-refractivity contribution in [3.63, 3.8) is 0 Å². The van der Waals surface area contributed by atoms with Crippen LogP contribution in [0.3, 0.4) is 0 Å². The van der Waals surface area contributed by atoms with E-state index in [1.54, 1.807) is 12.1 Å². The molecule has 0 spiro atoms. The molecule has 1 aromatic rings. The smallest absolute Gasteiger partial charge is 0.748 e. The number of rotatable bonds is 24. The van der Waals surface area contributed by atoms with Gasteiger partial charge >= 0.3 is 63.3 Å². The molecule has 0 N–H and O–H groups in total. The molecule has 1 unspecified atom stereocenters. The van der Waals surface area contributed by atoms with Crippen molar-refractivity contribution in [2.45, 2.75) is 135 Å². The van der Waals surface area contributed by atoms with Crippen molar-refractivity contribution in [2.24, 2.45) is 0 Å². The minimum atomic E-state index is -4.57. The van der Waals surface area contributed by atoms with Crippen LogP contribution < -0.4 is 51.4 Å². The molecule has 0 saturated carbocycles. The number of esters is 2. The topological polar surface area (TPSA) is 110 Å². The Morgan fingerprint density at radius 2 is 1.05 bits per heavy atom. The van der Waals surface area contributed by atoms with Crippen molar-refractivity contribution in [3.05, 3.63) is 35.4 Å². The van der Waals surface area contributed by atoms with E-state index in [1.807, 2.05) is 0 Å². The number of hydrogen-bond donors (Lipinski definition) is 0. The van der Waals surface area contributed by atoms with E-state index < -0.39 is 33.9 Å². The number of carbonyl (C=O) groups is 2. The Bertz CT molecular complexity index is 905. The first kappa shape index (κ1) is 39.7. The third-order valence-electron chi connectivity index (χ3n) is 7.11. The molecule has 0 fully saturated rings. The Morgan fingerprint density at radius 1 is 0.675 bits per heavy atom. The van der Waals surface area contributed by atoms with E-state index in [0.717, 1.165) is 19.3 Å². The molecule has 0 aliphatic heterocycles. The van der Waals surface area contributed by atoms with Gasteiger partial charge in [-0.15, -0.1) is 0 Å². The fourth-order valence-electron chi connectivity index (χ4n) is 4.56. The van der Waals surface area contributed by atoms with Crippen molar-refractivity contribution >= 4 is 22.1 Å². The molecule has 0 saturated heterocycles. The van der Waals surface area contributed by atoms with Crippen LogP contribution in [0, 0.1) is 0 Å². The summed E-state index contributed by atoms with van der Waals surface area (Å²) in [6.45, 7) is 3.51. The number of hydrogen-bond acceptors (Lipinski definition) is 7. The molecule has 0 amide bonds. The first-order valence-electron chi connectivity index (χ1n) is 15.2. The van der Waals surface area contributed by atoms with Gasteiger partial charge in [0.05, 0.1) is 23.0 Å². The van der Waals surface area contributed by atoms with Gasteiger partial charge in [0.25, 0.3) is 0 Å². The van der Waals surface area contributed by atoms with E-state index in [9.17, 15) is 22.6 Å². The van der Waals surface area contributed by atoms with Crippen LogP contribution in [0.5, 0.6) is 0 Å². The SMILES string of the molecule is CCCCCCCCCCCCCCCCCCCOC(=O)c1ccccc1C(=O)OCC(CC)S(=O)(=O)[O-].[K+]. The van der Waals surface area contributed by atoms with Crippen LogP contribution in [0.25, 0.3) is 0 Å². The molecule has 0 bridgehead atoms. The maximum absolute atomic E-state index is 12.5. The molecule has 9 heteroatoms. The molecular weight excluding hydrogens is 555 g/mol. The Morgan fingerprint density at radius 3 is 1.43 bits per heavy atom. The second-order valence-corrected chi connectivity index (χ2v) is 12.1. The van der Waals surface area contributed by atoms with Gasteiger partial charge in [0.2, 0.25) is 0 Å². The maximum atomic E-state index is 12.5. The molecule has 40 heavy (non-hydrogen) atoms. The second-order valence-electron chi connectivity index (χ2n) is 10.5. The molecule has 224 valence electrons. The summed E-state index contributed by atoms with van der Waals surface area (Å²) in [5, 5.41) is -1.32. The van der Waals surface area contributed by atoms with Crippen LogP contribution in [0.15, 0.2) is 24.3 Å². The van der Waals surface area contributed by atoms with E-state index in [0.29, 0.717) is 0 Å². The van der Waals surface area contributed by atoms with Crippen LogP contribution in [-0.2, 0) is 19.6 Å². The number of carbonyl (C=O) groups excluding carboxylic acids is 2. The van der Waals surface area contributed by atoms with Gasteiger partial charge in [-0.05, 0) is 25.0 Å². The normalized spacial score (nSPS) is 12.0. The van der Waals surface area contributed by atoms with E-state index in [-0.39, 0.29) is 75.5 Å². The fourth-order valence-corrected chi connectivity index (χ4v) is 5.20. The van der Waals surface area contributed by atoms with E-state index in [4.69, 9.17) is 9.47 Å². The zero-order valence-corrected chi connectivity index (χ0v) is 29.2. The van der Waals surface area contributed by atoms with E-state index >= 15 is 0 Å². The summed E-state index contributed by atoms with van der Waals surface area (Å²) in [5.41, 5.74) is 0.0514. The van der Waals surface area contributed by atoms with Crippen molar-refractivity contribution in [3.8, 4) is 0 Å². The zero-order chi connectivity index (χ0) is 28.8. The third-order valence-corrected chi connectivity index (χ3v) is 8.40. The molecule has 0 heterocycles. The summed E-state index contributed by atoms with van der Waals surface area (Å²) in [5.74, 6) is -1.48. The number of unbranched alkanes of at least 4 members (excludes halogenated alkanes) is 16. The fraction of sp³-hybridized carbons (Fsp3) is 0.742. The molecule has 0 radical (unpaired) electrons. The average molecular weight is 607 g/mol.